The molecule has 1 aromatic rings. The molecule has 1 aromatic heterocycles. The number of nitrogens with zero attached hydrogens (tertiary/aromatic N) is 1. The van der Waals surface area contributed by atoms with E-state index in [0.29, 0.717) is 0 Å². The maximum Gasteiger partial charge on any atom is 0.515 e. The Morgan fingerprint density at radius 3 is 2.22 bits per heavy atom. The molecule has 1 aliphatic heterocycles. The van der Waals surface area contributed by atoms with Crippen LogP contribution in [0.15, 0.2) is 12.3 Å². The quantitative estimate of drug-likeness (QED) is 0.800. The lowest BCUT2D eigenvalue weighted by atomic mass is 9.80. The van der Waals surface area contributed by atoms with Gasteiger partial charge in [0.25, 0.3) is 0 Å². The Labute approximate surface area is 133 Å². The van der Waals surface area contributed by atoms with Crippen molar-refractivity contribution in [3.63, 3.8) is 0 Å². The average molecular weight is 329 g/mol. The van der Waals surface area contributed by atoms with Gasteiger partial charge in [0.2, 0.25) is 0 Å². The molecule has 0 amide bonds. The normalized spacial score (nSPS) is 23.2. The third-order valence-electron chi connectivity index (χ3n) is 4.50. The second kappa shape index (κ2) is 5.11. The molecule has 1 aliphatic carbocycles. The summed E-state index contributed by atoms with van der Waals surface area (Å²) in [6, 6.07) is 0.978. The molecule has 126 valence electrons. The first-order valence-electron chi connectivity index (χ1n) is 7.59. The van der Waals surface area contributed by atoms with Gasteiger partial charge >= 0.3 is 13.3 Å². The average Bonchev–Trinajstić information content (AvgIpc) is 3.16. The van der Waals surface area contributed by atoms with Crippen molar-refractivity contribution in [1.82, 2.24) is 4.98 Å². The van der Waals surface area contributed by atoms with Crippen LogP contribution in [-0.2, 0) is 15.5 Å². The van der Waals surface area contributed by atoms with Crippen molar-refractivity contribution in [2.24, 2.45) is 0 Å². The van der Waals surface area contributed by atoms with Crippen LogP contribution < -0.4 is 10.3 Å². The topological polar surface area (TPSA) is 40.6 Å². The van der Waals surface area contributed by atoms with Gasteiger partial charge in [0.1, 0.15) is 5.75 Å². The number of aromatic nitrogens is 1. The first-order valence-corrected chi connectivity index (χ1v) is 7.59. The molecule has 8 heteroatoms. The number of alkyl halides is 3. The van der Waals surface area contributed by atoms with Gasteiger partial charge in [-0.15, -0.1) is 0 Å². The van der Waals surface area contributed by atoms with E-state index < -0.39 is 30.1 Å². The number of hydrogen-bond acceptors (Lipinski definition) is 4. The van der Waals surface area contributed by atoms with Crippen LogP contribution in [0.3, 0.4) is 0 Å². The summed E-state index contributed by atoms with van der Waals surface area (Å²) >= 11 is 0. The van der Waals surface area contributed by atoms with E-state index in [2.05, 4.69) is 4.98 Å². The summed E-state index contributed by atoms with van der Waals surface area (Å²) in [5.74, 6) is 0.125. The van der Waals surface area contributed by atoms with E-state index in [-0.39, 0.29) is 17.4 Å². The van der Waals surface area contributed by atoms with Crippen LogP contribution in [0.4, 0.5) is 13.2 Å². The zero-order valence-corrected chi connectivity index (χ0v) is 13.5. The third-order valence-corrected chi connectivity index (χ3v) is 4.50. The summed E-state index contributed by atoms with van der Waals surface area (Å²) in [6.45, 7) is 7.13. The lowest BCUT2D eigenvalue weighted by Crippen LogP contribution is -2.41. The van der Waals surface area contributed by atoms with Crippen molar-refractivity contribution >= 4 is 12.7 Å². The van der Waals surface area contributed by atoms with Crippen molar-refractivity contribution in [2.45, 2.75) is 64.0 Å². The molecule has 2 heterocycles. The number of pyridine rings is 1. The molecular formula is C15H19BF3NO3. The highest BCUT2D eigenvalue weighted by Crippen LogP contribution is 2.38. The van der Waals surface area contributed by atoms with Crippen LogP contribution in [-0.4, -0.2) is 29.4 Å². The van der Waals surface area contributed by atoms with Crippen LogP contribution in [0.5, 0.6) is 5.75 Å². The van der Waals surface area contributed by atoms with Crippen molar-refractivity contribution in [3.05, 3.63) is 17.8 Å². The molecule has 1 saturated carbocycles. The second-order valence-corrected chi connectivity index (χ2v) is 7.01. The zero-order chi connectivity index (χ0) is 17.0. The largest absolute Gasteiger partial charge is 0.515 e. The predicted molar refractivity (Wildman–Crippen MR) is 78.6 cm³/mol. The molecule has 1 saturated heterocycles. The maximum atomic E-state index is 13.4. The zero-order valence-electron chi connectivity index (χ0n) is 13.5. The van der Waals surface area contributed by atoms with Gasteiger partial charge in [-0.05, 0) is 46.6 Å². The van der Waals surface area contributed by atoms with Crippen molar-refractivity contribution in [1.29, 1.82) is 0 Å². The molecule has 0 bridgehead atoms. The van der Waals surface area contributed by atoms with Gasteiger partial charge in [-0.2, -0.15) is 13.2 Å². The van der Waals surface area contributed by atoms with Gasteiger partial charge in [0.05, 0.1) is 34.7 Å². The number of rotatable bonds is 3. The van der Waals surface area contributed by atoms with E-state index in [1.165, 1.54) is 6.20 Å². The van der Waals surface area contributed by atoms with Crippen LogP contribution >= 0.6 is 0 Å². The molecule has 3 rings (SSSR count). The SMILES string of the molecule is CC1(C)OB(c2ncc(OC3CC3)cc2C(F)(F)F)OC1(C)C. The number of halogens is 3. The molecule has 23 heavy (non-hydrogen) atoms. The minimum atomic E-state index is -4.56. The summed E-state index contributed by atoms with van der Waals surface area (Å²) in [4.78, 5) is 3.94. The van der Waals surface area contributed by atoms with Gasteiger partial charge in [-0.25, -0.2) is 0 Å². The minimum Gasteiger partial charge on any atom is -0.489 e. The summed E-state index contributed by atoms with van der Waals surface area (Å²) in [5.41, 5.74) is -2.61. The van der Waals surface area contributed by atoms with E-state index >= 15 is 0 Å². The van der Waals surface area contributed by atoms with Crippen molar-refractivity contribution < 1.29 is 27.2 Å². The first kappa shape index (κ1) is 16.6. The fraction of sp³-hybridized carbons (Fsp3) is 0.667. The molecule has 0 unspecified atom stereocenters. The van der Waals surface area contributed by atoms with Crippen LogP contribution in [0, 0.1) is 0 Å². The molecule has 0 N–H and O–H groups in total. The Morgan fingerprint density at radius 1 is 1.17 bits per heavy atom. The van der Waals surface area contributed by atoms with E-state index in [1.54, 1.807) is 27.7 Å². The van der Waals surface area contributed by atoms with E-state index in [4.69, 9.17) is 14.0 Å². The highest BCUT2D eigenvalue weighted by molar-refractivity contribution is 6.61. The van der Waals surface area contributed by atoms with Crippen LogP contribution in [0.1, 0.15) is 46.1 Å². The summed E-state index contributed by atoms with van der Waals surface area (Å²) < 4.78 is 57.0. The van der Waals surface area contributed by atoms with Gasteiger partial charge in [-0.1, -0.05) is 0 Å². The second-order valence-electron chi connectivity index (χ2n) is 7.01. The number of ether oxygens (including phenoxy) is 1. The van der Waals surface area contributed by atoms with Gasteiger partial charge < -0.3 is 14.0 Å². The Morgan fingerprint density at radius 2 is 1.74 bits per heavy atom. The summed E-state index contributed by atoms with van der Waals surface area (Å²) in [7, 11) is -1.16. The Bertz CT molecular complexity index is 598. The fourth-order valence-electron chi connectivity index (χ4n) is 2.27. The van der Waals surface area contributed by atoms with E-state index in [1.807, 2.05) is 0 Å². The summed E-state index contributed by atoms with van der Waals surface area (Å²) in [6.07, 6.45) is -1.54. The van der Waals surface area contributed by atoms with Crippen LogP contribution in [0.25, 0.3) is 0 Å². The monoisotopic (exact) mass is 329 g/mol. The van der Waals surface area contributed by atoms with Crippen LogP contribution in [0.2, 0.25) is 0 Å². The van der Waals surface area contributed by atoms with Crippen molar-refractivity contribution in [2.75, 3.05) is 0 Å². The van der Waals surface area contributed by atoms with Gasteiger partial charge in [0, 0.05) is 0 Å². The van der Waals surface area contributed by atoms with Gasteiger partial charge in [0.15, 0.2) is 0 Å². The standard InChI is InChI=1S/C15H19BF3NO3/c1-13(2)14(3,4)23-16(22-13)12-11(15(17,18)19)7-10(8-20-12)21-9-5-6-9/h7-9H,5-6H2,1-4H3. The Kier molecular flexibility index (Phi) is 3.68. The highest BCUT2D eigenvalue weighted by Gasteiger charge is 2.54. The summed E-state index contributed by atoms with van der Waals surface area (Å²) in [5, 5.41) is 0. The lowest BCUT2D eigenvalue weighted by molar-refractivity contribution is -0.137. The molecule has 0 spiro atoms. The molecule has 0 aromatic carbocycles. The van der Waals surface area contributed by atoms with E-state index in [9.17, 15) is 13.2 Å². The fourth-order valence-corrected chi connectivity index (χ4v) is 2.27. The maximum absolute atomic E-state index is 13.4. The third kappa shape index (κ3) is 3.19. The van der Waals surface area contributed by atoms with E-state index in [0.717, 1.165) is 18.9 Å². The molecule has 2 fully saturated rings. The first-order chi connectivity index (χ1) is 10.5. The number of hydrogen-bond donors (Lipinski definition) is 0. The van der Waals surface area contributed by atoms with Crippen molar-refractivity contribution in [3.8, 4) is 5.75 Å². The van der Waals surface area contributed by atoms with Gasteiger partial charge in [-0.3, -0.25) is 4.98 Å². The minimum absolute atomic E-state index is 0.000538. The lowest BCUT2D eigenvalue weighted by Gasteiger charge is -2.32. The molecule has 4 nitrogen and oxygen atoms in total. The Balaban J connectivity index is 1.95. The molecular weight excluding hydrogens is 310 g/mol. The smallest absolute Gasteiger partial charge is 0.489 e. The molecule has 0 radical (unpaired) electrons. The highest BCUT2D eigenvalue weighted by atomic mass is 19.4. The molecule has 0 atom stereocenters. The predicted octanol–water partition coefficient (Wildman–Crippen LogP) is 2.94. The molecule has 2 aliphatic rings. The Hall–Kier alpha value is -1.28.